The van der Waals surface area contributed by atoms with Crippen molar-refractivity contribution >= 4 is 48.0 Å². The van der Waals surface area contributed by atoms with Crippen molar-refractivity contribution in [2.45, 2.75) is 63.9 Å². The number of esters is 1. The number of rotatable bonds is 12. The second kappa shape index (κ2) is 15.3. The second-order valence-corrected chi connectivity index (χ2v) is 12.2. The van der Waals surface area contributed by atoms with Gasteiger partial charge in [-0.1, -0.05) is 18.2 Å². The van der Waals surface area contributed by atoms with Gasteiger partial charge in [0.25, 0.3) is 0 Å². The van der Waals surface area contributed by atoms with Crippen molar-refractivity contribution in [2.24, 2.45) is 0 Å². The van der Waals surface area contributed by atoms with Gasteiger partial charge in [-0.2, -0.15) is 19.3 Å². The Kier molecular flexibility index (Phi) is 12.3. The number of aliphatic hydroxyl groups excluding tert-OH is 1. The number of ether oxygens (including phenoxy) is 2. The molecular weight excluding hydrogens is 644 g/mol. The Bertz CT molecular complexity index is 1520. The molecule has 2 aromatic heterocycles. The Morgan fingerprint density at radius 1 is 1.29 bits per heavy atom. The number of nitrogen functional groups attached to an aromatic ring is 1. The lowest BCUT2D eigenvalue weighted by atomic mass is 9.98. The van der Waals surface area contributed by atoms with Crippen LogP contribution in [0, 0.1) is 0 Å². The van der Waals surface area contributed by atoms with Gasteiger partial charge in [-0.3, -0.25) is 18.4 Å². The minimum atomic E-state index is -4.28. The summed E-state index contributed by atoms with van der Waals surface area (Å²) in [6, 6.07) is 7.05. The Morgan fingerprint density at radius 2 is 1.93 bits per heavy atom. The fourth-order valence-corrected chi connectivity index (χ4v) is 5.64. The molecule has 1 aliphatic rings. The van der Waals surface area contributed by atoms with E-state index in [2.05, 4.69) is 29.7 Å². The SMILES string of the molecule is CNc1nc(N)nc2c1ncn2[C@@H]1O[C@H](CO[P@@](=O)(N[C@@H](C)C(=O)OC(C)C)Oc2ccccc2)[C@@H](O)[C@@]1(C)F.O=S(O)OO. The molecule has 21 heteroatoms. The van der Waals surface area contributed by atoms with Gasteiger partial charge in [0.05, 0.1) is 19.0 Å². The van der Waals surface area contributed by atoms with Crippen LogP contribution in [0.5, 0.6) is 5.75 Å². The fourth-order valence-electron chi connectivity index (χ4n) is 4.14. The molecule has 3 heterocycles. The smallest absolute Gasteiger partial charge is 0.459 e. The van der Waals surface area contributed by atoms with Crippen molar-refractivity contribution in [3.63, 3.8) is 0 Å². The number of benzene rings is 1. The van der Waals surface area contributed by atoms with Crippen molar-refractivity contribution in [1.29, 1.82) is 0 Å². The van der Waals surface area contributed by atoms with E-state index in [0.717, 1.165) is 6.92 Å². The highest BCUT2D eigenvalue weighted by Gasteiger charge is 2.56. The summed E-state index contributed by atoms with van der Waals surface area (Å²) < 4.78 is 72.4. The summed E-state index contributed by atoms with van der Waals surface area (Å²) >= 11 is -2.52. The van der Waals surface area contributed by atoms with Crippen LogP contribution in [0.15, 0.2) is 36.7 Å². The highest BCUT2D eigenvalue weighted by molar-refractivity contribution is 7.74. The summed E-state index contributed by atoms with van der Waals surface area (Å²) in [5, 5.41) is 23.3. The molecular formula is C24H35FN7O11PS. The number of nitrogens with zero attached hydrogens (tertiary/aromatic N) is 4. The lowest BCUT2D eigenvalue weighted by Crippen LogP contribution is -2.41. The van der Waals surface area contributed by atoms with E-state index >= 15 is 4.39 Å². The molecule has 1 saturated heterocycles. The fraction of sp³-hybridized carbons (Fsp3) is 0.500. The maximum Gasteiger partial charge on any atom is 0.459 e. The Morgan fingerprint density at radius 3 is 2.51 bits per heavy atom. The number of anilines is 2. The molecule has 0 bridgehead atoms. The first kappa shape index (κ1) is 36.1. The molecule has 0 saturated carbocycles. The van der Waals surface area contributed by atoms with Gasteiger partial charge in [-0.25, -0.2) is 19.2 Å². The van der Waals surface area contributed by atoms with Crippen molar-refractivity contribution in [1.82, 2.24) is 24.6 Å². The number of imidazole rings is 1. The molecule has 0 radical (unpaired) electrons. The van der Waals surface area contributed by atoms with Gasteiger partial charge in [0.15, 0.2) is 28.9 Å². The lowest BCUT2D eigenvalue weighted by molar-refractivity contribution is -0.149. The number of carbonyl (C=O) groups is 1. The summed E-state index contributed by atoms with van der Waals surface area (Å²) in [6.07, 6.45) is -3.52. The van der Waals surface area contributed by atoms with Crippen LogP contribution in [0.4, 0.5) is 16.2 Å². The van der Waals surface area contributed by atoms with Crippen molar-refractivity contribution in [2.75, 3.05) is 24.7 Å². The number of fused-ring (bicyclic) bond motifs is 1. The third kappa shape index (κ3) is 9.12. The number of nitrogens with one attached hydrogen (secondary N) is 2. The molecule has 1 aliphatic heterocycles. The van der Waals surface area contributed by atoms with E-state index in [1.54, 1.807) is 51.2 Å². The zero-order valence-corrected chi connectivity index (χ0v) is 26.5. The molecule has 1 fully saturated rings. The first-order chi connectivity index (χ1) is 21.1. The third-order valence-electron chi connectivity index (χ3n) is 6.14. The standard InChI is InChI=1S/C24H33FN7O7P.H2O4S/c1-13(2)37-21(34)14(3)31-40(35,39-15-9-7-6-8-10-15)36-11-16-18(33)24(4,25)22(38-16)32-12-28-17-19(27-5)29-23(26)30-20(17)32;1-4-5(2)3/h6-10,12-14,16,18,22,33H,11H2,1-5H3,(H,31,35)(H3,26,27,29,30);1H,(H,2,3)/t14-,16+,18+,22+,24+,40-;/m0./s1. The van der Waals surface area contributed by atoms with E-state index < -0.39 is 67.9 Å². The predicted octanol–water partition coefficient (Wildman–Crippen LogP) is 2.18. The molecule has 1 unspecified atom stereocenters. The minimum Gasteiger partial charge on any atom is -0.462 e. The van der Waals surface area contributed by atoms with Crippen LogP contribution in [0.1, 0.15) is 33.9 Å². The molecule has 4 rings (SSSR count). The van der Waals surface area contributed by atoms with Crippen LogP contribution in [0.2, 0.25) is 0 Å². The van der Waals surface area contributed by atoms with E-state index in [1.807, 2.05) is 0 Å². The molecule has 0 spiro atoms. The van der Waals surface area contributed by atoms with Gasteiger partial charge in [-0.15, -0.1) is 4.33 Å². The number of alkyl halides is 1. The first-order valence-corrected chi connectivity index (χ1v) is 15.8. The molecule has 250 valence electrons. The average molecular weight is 680 g/mol. The number of carbonyl (C=O) groups excluding carboxylic acids is 1. The van der Waals surface area contributed by atoms with Gasteiger partial charge in [0.2, 0.25) is 5.95 Å². The van der Waals surface area contributed by atoms with Gasteiger partial charge in [-0.05, 0) is 39.8 Å². The molecule has 7 atom stereocenters. The second-order valence-electron chi connectivity index (χ2n) is 9.95. The average Bonchev–Trinajstić information content (AvgIpc) is 3.49. The number of para-hydroxylation sites is 1. The van der Waals surface area contributed by atoms with E-state index in [1.165, 1.54) is 17.8 Å². The number of halogens is 1. The number of nitrogens with two attached hydrogens (primary N) is 1. The molecule has 3 aromatic rings. The quantitative estimate of drug-likeness (QED) is 0.0527. The normalized spacial score (nSPS) is 23.9. The summed E-state index contributed by atoms with van der Waals surface area (Å²) in [6.45, 7) is 5.37. The predicted molar refractivity (Wildman–Crippen MR) is 158 cm³/mol. The highest BCUT2D eigenvalue weighted by atomic mass is 32.2. The van der Waals surface area contributed by atoms with Crippen LogP contribution in [-0.4, -0.2) is 88.3 Å². The van der Waals surface area contributed by atoms with Crippen LogP contribution in [0.25, 0.3) is 11.2 Å². The van der Waals surface area contributed by atoms with Gasteiger partial charge in [0, 0.05) is 7.05 Å². The summed E-state index contributed by atoms with van der Waals surface area (Å²) in [5.41, 5.74) is 3.94. The van der Waals surface area contributed by atoms with Gasteiger partial charge in [0.1, 0.15) is 24.0 Å². The molecule has 1 aromatic carbocycles. The number of aromatic nitrogens is 4. The summed E-state index contributed by atoms with van der Waals surface area (Å²) in [5.74, 6) is -0.243. The van der Waals surface area contributed by atoms with E-state index in [9.17, 15) is 14.5 Å². The van der Waals surface area contributed by atoms with Crippen molar-refractivity contribution < 1.29 is 55.7 Å². The molecule has 7 N–H and O–H groups in total. The van der Waals surface area contributed by atoms with E-state index in [0.29, 0.717) is 11.3 Å². The largest absolute Gasteiger partial charge is 0.462 e. The number of hydrogen-bond acceptors (Lipinski definition) is 15. The van der Waals surface area contributed by atoms with Crippen LogP contribution < -0.4 is 20.7 Å². The number of hydrogen-bond donors (Lipinski definition) is 6. The lowest BCUT2D eigenvalue weighted by Gasteiger charge is -2.25. The Labute approximate surface area is 259 Å². The van der Waals surface area contributed by atoms with Crippen LogP contribution in [-0.2, 0) is 39.1 Å². The van der Waals surface area contributed by atoms with E-state index in [-0.39, 0.29) is 17.3 Å². The maximum absolute atomic E-state index is 16.0. The highest BCUT2D eigenvalue weighted by Crippen LogP contribution is 2.48. The van der Waals surface area contributed by atoms with Crippen molar-refractivity contribution in [3.05, 3.63) is 36.7 Å². The van der Waals surface area contributed by atoms with Crippen LogP contribution >= 0.6 is 7.75 Å². The Balaban J connectivity index is 0.00000102. The molecule has 0 amide bonds. The monoisotopic (exact) mass is 679 g/mol. The van der Waals surface area contributed by atoms with Crippen molar-refractivity contribution in [3.8, 4) is 5.75 Å². The van der Waals surface area contributed by atoms with Gasteiger partial charge >= 0.3 is 25.1 Å². The topological polar surface area (TPSA) is 252 Å². The van der Waals surface area contributed by atoms with Gasteiger partial charge < -0.3 is 30.2 Å². The minimum absolute atomic E-state index is 0.0761. The third-order valence-corrected chi connectivity index (χ3v) is 7.91. The maximum atomic E-state index is 16.0. The van der Waals surface area contributed by atoms with E-state index in [4.69, 9.17) is 38.3 Å². The molecule has 18 nitrogen and oxygen atoms in total. The van der Waals surface area contributed by atoms with Crippen LogP contribution in [0.3, 0.4) is 0 Å². The summed E-state index contributed by atoms with van der Waals surface area (Å²) in [4.78, 5) is 24.8. The number of aliphatic hydroxyl groups is 1. The first-order valence-electron chi connectivity index (χ1n) is 13.2. The summed E-state index contributed by atoms with van der Waals surface area (Å²) in [7, 11) is -2.66. The zero-order chi connectivity index (χ0) is 33.5. The zero-order valence-electron chi connectivity index (χ0n) is 24.8. The molecule has 45 heavy (non-hydrogen) atoms. The molecule has 0 aliphatic carbocycles. The Hall–Kier alpha value is -3.33.